The van der Waals surface area contributed by atoms with Crippen molar-refractivity contribution in [2.75, 3.05) is 0 Å². The van der Waals surface area contributed by atoms with Crippen LogP contribution in [0.3, 0.4) is 0 Å². The van der Waals surface area contributed by atoms with Gasteiger partial charge in [-0.15, -0.1) is 11.3 Å². The first-order chi connectivity index (χ1) is 18.8. The van der Waals surface area contributed by atoms with E-state index in [2.05, 4.69) is 131 Å². The van der Waals surface area contributed by atoms with Crippen molar-refractivity contribution in [1.29, 1.82) is 0 Å². The van der Waals surface area contributed by atoms with Crippen LogP contribution in [0.1, 0.15) is 24.4 Å². The van der Waals surface area contributed by atoms with Gasteiger partial charge in [0.2, 0.25) is 0 Å². The minimum absolute atomic E-state index is 0.0442. The van der Waals surface area contributed by atoms with Gasteiger partial charge in [-0.05, 0) is 36.2 Å². The summed E-state index contributed by atoms with van der Waals surface area (Å²) in [5.41, 5.74) is 3.60. The maximum atomic E-state index is 5.32. The summed E-state index contributed by atoms with van der Waals surface area (Å²) in [6.07, 6.45) is 9.39. The lowest BCUT2D eigenvalue weighted by atomic mass is 9.98. The van der Waals surface area contributed by atoms with Gasteiger partial charge >= 0.3 is 0 Å². The molecule has 2 aliphatic rings. The van der Waals surface area contributed by atoms with Crippen molar-refractivity contribution in [3.8, 4) is 0 Å². The largest absolute Gasteiger partial charge is 0.354 e. The van der Waals surface area contributed by atoms with Crippen LogP contribution in [0, 0.1) is 5.92 Å². The third kappa shape index (κ3) is 3.43. The minimum atomic E-state index is -0.245. The lowest BCUT2D eigenvalue weighted by molar-refractivity contribution is 0.335. The van der Waals surface area contributed by atoms with Crippen LogP contribution in [0.15, 0.2) is 120 Å². The average Bonchev–Trinajstić information content (AvgIpc) is 3.51. The van der Waals surface area contributed by atoms with E-state index in [1.54, 1.807) is 0 Å². The Labute approximate surface area is 224 Å². The molecule has 1 aliphatic carbocycles. The number of hydrogen-bond acceptors (Lipinski definition) is 4. The third-order valence-electron chi connectivity index (χ3n) is 7.79. The number of para-hydroxylation sites is 1. The number of benzene rings is 4. The van der Waals surface area contributed by atoms with Crippen LogP contribution in [0.25, 0.3) is 42.0 Å². The molecule has 8 rings (SSSR count). The van der Waals surface area contributed by atoms with Gasteiger partial charge in [-0.1, -0.05) is 91.0 Å². The Hall–Kier alpha value is -4.19. The Bertz CT molecular complexity index is 1920. The second-order valence-corrected chi connectivity index (χ2v) is 11.1. The highest BCUT2D eigenvalue weighted by Crippen LogP contribution is 2.41. The molecule has 3 heterocycles. The van der Waals surface area contributed by atoms with Crippen molar-refractivity contribution in [2.45, 2.75) is 18.9 Å². The molecule has 38 heavy (non-hydrogen) atoms. The van der Waals surface area contributed by atoms with E-state index in [4.69, 9.17) is 4.99 Å². The summed E-state index contributed by atoms with van der Waals surface area (Å²) in [6, 6.07) is 32.8. The Morgan fingerprint density at radius 2 is 1.55 bits per heavy atom. The van der Waals surface area contributed by atoms with E-state index in [0.29, 0.717) is 0 Å². The van der Waals surface area contributed by atoms with Gasteiger partial charge in [0.15, 0.2) is 6.29 Å². The molecule has 1 aliphatic heterocycles. The second-order valence-electron chi connectivity index (χ2n) is 10.0. The molecule has 3 atom stereocenters. The molecule has 0 bridgehead atoms. The molecule has 0 radical (unpaired) electrons. The molecular formula is C33H26N4S. The van der Waals surface area contributed by atoms with E-state index in [9.17, 15) is 0 Å². The van der Waals surface area contributed by atoms with Gasteiger partial charge in [-0.3, -0.25) is 5.32 Å². The lowest BCUT2D eigenvalue weighted by Gasteiger charge is -2.35. The molecule has 184 valence electrons. The van der Waals surface area contributed by atoms with Gasteiger partial charge in [0, 0.05) is 36.9 Å². The molecule has 0 saturated carbocycles. The van der Waals surface area contributed by atoms with Gasteiger partial charge in [0.25, 0.3) is 0 Å². The smallest absolute Gasteiger partial charge is 0.184 e. The van der Waals surface area contributed by atoms with E-state index in [-0.39, 0.29) is 18.4 Å². The fourth-order valence-electron chi connectivity index (χ4n) is 5.97. The van der Waals surface area contributed by atoms with Crippen LogP contribution in [-0.2, 0) is 0 Å². The molecule has 5 heteroatoms. The second kappa shape index (κ2) is 8.69. The summed E-state index contributed by atoms with van der Waals surface area (Å²) in [4.78, 5) is 5.32. The normalized spacial score (nSPS) is 21.4. The predicted octanol–water partition coefficient (Wildman–Crippen LogP) is 8.04. The zero-order valence-corrected chi connectivity index (χ0v) is 21.5. The molecule has 4 aromatic carbocycles. The highest BCUT2D eigenvalue weighted by molar-refractivity contribution is 7.25. The zero-order valence-electron chi connectivity index (χ0n) is 20.7. The van der Waals surface area contributed by atoms with Gasteiger partial charge in [0.05, 0.1) is 11.0 Å². The number of allylic oxidation sites excluding steroid dienone is 3. The predicted molar refractivity (Wildman–Crippen MR) is 161 cm³/mol. The highest BCUT2D eigenvalue weighted by Gasteiger charge is 2.29. The van der Waals surface area contributed by atoms with Crippen LogP contribution >= 0.6 is 11.3 Å². The molecular weight excluding hydrogens is 484 g/mol. The summed E-state index contributed by atoms with van der Waals surface area (Å²) < 4.78 is 5.03. The molecule has 2 N–H and O–H groups in total. The maximum absolute atomic E-state index is 5.32. The maximum Gasteiger partial charge on any atom is 0.184 e. The lowest BCUT2D eigenvalue weighted by Crippen LogP contribution is -2.48. The first-order valence-corrected chi connectivity index (χ1v) is 14.0. The Morgan fingerprint density at radius 3 is 2.42 bits per heavy atom. The van der Waals surface area contributed by atoms with Crippen LogP contribution in [-0.4, -0.2) is 10.4 Å². The number of thiophene rings is 1. The Balaban J connectivity index is 1.37. The van der Waals surface area contributed by atoms with Crippen molar-refractivity contribution in [2.24, 2.45) is 10.9 Å². The summed E-state index contributed by atoms with van der Waals surface area (Å²) in [5.74, 6) is 1.26. The first-order valence-electron chi connectivity index (χ1n) is 13.2. The summed E-state index contributed by atoms with van der Waals surface area (Å²) in [6.45, 7) is 0. The topological polar surface area (TPSA) is 41.4 Å². The molecule has 4 nitrogen and oxygen atoms in total. The van der Waals surface area contributed by atoms with E-state index < -0.39 is 0 Å². The van der Waals surface area contributed by atoms with Crippen molar-refractivity contribution in [1.82, 2.24) is 15.2 Å². The quantitative estimate of drug-likeness (QED) is 0.253. The van der Waals surface area contributed by atoms with E-state index in [0.717, 1.165) is 12.3 Å². The monoisotopic (exact) mass is 510 g/mol. The number of fused-ring (bicyclic) bond motifs is 6. The van der Waals surface area contributed by atoms with Gasteiger partial charge in [-0.2, -0.15) is 0 Å². The van der Waals surface area contributed by atoms with Gasteiger partial charge in [0.1, 0.15) is 12.0 Å². The molecule has 3 unspecified atom stereocenters. The van der Waals surface area contributed by atoms with Crippen molar-refractivity contribution in [3.63, 3.8) is 0 Å². The number of amidine groups is 1. The van der Waals surface area contributed by atoms with Crippen LogP contribution in [0.2, 0.25) is 0 Å². The molecule has 2 aromatic heterocycles. The van der Waals surface area contributed by atoms with Crippen LogP contribution < -0.4 is 10.6 Å². The number of rotatable bonds is 3. The number of nitrogens with zero attached hydrogens (tertiary/aromatic N) is 2. The van der Waals surface area contributed by atoms with Gasteiger partial charge in [-0.25, -0.2) is 4.99 Å². The fourth-order valence-corrected chi connectivity index (χ4v) is 7.09. The Morgan fingerprint density at radius 1 is 0.737 bits per heavy atom. The van der Waals surface area contributed by atoms with Crippen molar-refractivity contribution >= 4 is 59.2 Å². The van der Waals surface area contributed by atoms with Crippen molar-refractivity contribution < 1.29 is 0 Å². The fraction of sp³-hybridized carbons (Fsp3) is 0.121. The van der Waals surface area contributed by atoms with Crippen LogP contribution in [0.5, 0.6) is 0 Å². The average molecular weight is 511 g/mol. The third-order valence-corrected chi connectivity index (χ3v) is 8.92. The van der Waals surface area contributed by atoms with Crippen molar-refractivity contribution in [3.05, 3.63) is 121 Å². The Kier molecular flexibility index (Phi) is 5.00. The standard InChI is InChI=1S/C33H26N4S/c1-3-11-21(12-4-1)31-34-32(22-13-5-2-6-14-22)36-33(35-31)37-27-17-9-7-15-23(27)25-19-26-24-16-8-10-18-29(24)38-30(26)20-28(25)37/h1-13,15-20,22,31,33,35H,14H2,(H,34,36). The molecule has 0 amide bonds. The molecule has 0 saturated heterocycles. The SMILES string of the molecule is C1=CCC(C2=NC(n3c4ccccc4c4cc5c(cc43)sc3ccccc35)NC(c3ccccc3)N2)C=C1. The summed E-state index contributed by atoms with van der Waals surface area (Å²) in [7, 11) is 0. The zero-order chi connectivity index (χ0) is 25.1. The number of hydrogen-bond donors (Lipinski definition) is 2. The molecule has 0 spiro atoms. The summed E-state index contributed by atoms with van der Waals surface area (Å²) in [5, 5.41) is 12.7. The van der Waals surface area contributed by atoms with E-state index in [1.807, 2.05) is 11.3 Å². The number of aliphatic imine (C=N–C) groups is 1. The minimum Gasteiger partial charge on any atom is -0.354 e. The number of nitrogens with one attached hydrogen (secondary N) is 2. The molecule has 0 fully saturated rings. The summed E-state index contributed by atoms with van der Waals surface area (Å²) >= 11 is 1.86. The number of aromatic nitrogens is 1. The highest BCUT2D eigenvalue weighted by atomic mass is 32.1. The van der Waals surface area contributed by atoms with E-state index >= 15 is 0 Å². The van der Waals surface area contributed by atoms with E-state index in [1.165, 1.54) is 47.5 Å². The van der Waals surface area contributed by atoms with Crippen LogP contribution in [0.4, 0.5) is 0 Å². The first kappa shape index (κ1) is 21.9. The molecule has 6 aromatic rings. The van der Waals surface area contributed by atoms with Gasteiger partial charge < -0.3 is 9.88 Å².